The Morgan fingerprint density at radius 2 is 1.62 bits per heavy atom. The van der Waals surface area contributed by atoms with Crippen LogP contribution >= 0.6 is 0 Å². The molecular weight excluding hydrogens is 516 g/mol. The maximum atomic E-state index is 14.2. The van der Waals surface area contributed by atoms with Crippen LogP contribution in [0.1, 0.15) is 46.3 Å². The summed E-state index contributed by atoms with van der Waals surface area (Å²) in [5.41, 5.74) is 0.875. The van der Waals surface area contributed by atoms with Gasteiger partial charge in [-0.2, -0.15) is 0 Å². The Morgan fingerprint density at radius 1 is 0.975 bits per heavy atom. The third kappa shape index (κ3) is 4.40. The molecule has 0 saturated carbocycles. The lowest BCUT2D eigenvalue weighted by Gasteiger charge is -2.46. The fourth-order valence-corrected chi connectivity index (χ4v) is 6.02. The van der Waals surface area contributed by atoms with Crippen molar-refractivity contribution in [2.45, 2.75) is 25.9 Å². The third-order valence-corrected chi connectivity index (χ3v) is 7.97. The molecule has 0 saturated heterocycles. The van der Waals surface area contributed by atoms with E-state index in [0.717, 1.165) is 5.56 Å². The van der Waals surface area contributed by atoms with E-state index in [9.17, 15) is 14.7 Å². The van der Waals surface area contributed by atoms with E-state index in [-0.39, 0.29) is 32.2 Å². The minimum Gasteiger partial charge on any atom is -0.493 e. The Labute approximate surface area is 232 Å². The largest absolute Gasteiger partial charge is 0.493 e. The number of carbonyl (C=O) groups excluding carboxylic acids is 1. The average Bonchev–Trinajstić information content (AvgIpc) is 3.44. The number of rotatable bonds is 10. The zero-order valence-electron chi connectivity index (χ0n) is 22.9. The van der Waals surface area contributed by atoms with Crippen molar-refractivity contribution in [2.24, 2.45) is 11.3 Å². The predicted octanol–water partition coefficient (Wildman–Crippen LogP) is 5.08. The first-order valence-electron chi connectivity index (χ1n) is 13.0. The number of carbonyl (C=O) groups is 2. The Hall–Kier alpha value is -4.24. The smallest absolute Gasteiger partial charge is 0.311 e. The third-order valence-electron chi connectivity index (χ3n) is 7.97. The highest BCUT2D eigenvalue weighted by Crippen LogP contribution is 2.57. The molecule has 0 fully saturated rings. The summed E-state index contributed by atoms with van der Waals surface area (Å²) in [5.74, 6) is -1.14. The van der Waals surface area contributed by atoms with Crippen LogP contribution in [0.3, 0.4) is 0 Å². The lowest BCUT2D eigenvalue weighted by molar-refractivity contribution is -0.155. The van der Waals surface area contributed by atoms with Gasteiger partial charge >= 0.3 is 5.97 Å². The molecule has 1 aliphatic carbocycles. The van der Waals surface area contributed by atoms with Gasteiger partial charge in [0.15, 0.2) is 28.8 Å². The van der Waals surface area contributed by atoms with Crippen LogP contribution in [0.5, 0.6) is 28.7 Å². The van der Waals surface area contributed by atoms with E-state index in [1.807, 2.05) is 30.3 Å². The first-order chi connectivity index (χ1) is 19.4. The van der Waals surface area contributed by atoms with Crippen LogP contribution in [-0.2, 0) is 16.1 Å². The van der Waals surface area contributed by atoms with Gasteiger partial charge in [0, 0.05) is 11.5 Å². The number of Topliss-reactive ketones (excluding diaryl/α,β-unsaturated/α-hetero) is 1. The molecule has 0 unspecified atom stereocenters. The number of ether oxygens (including phenoxy) is 6. The van der Waals surface area contributed by atoms with Gasteiger partial charge in [0.1, 0.15) is 0 Å². The lowest BCUT2D eigenvalue weighted by Crippen LogP contribution is -2.52. The minimum atomic E-state index is -1.56. The summed E-state index contributed by atoms with van der Waals surface area (Å²) in [7, 11) is 4.51. The second-order valence-electron chi connectivity index (χ2n) is 9.80. The van der Waals surface area contributed by atoms with Crippen LogP contribution in [0.2, 0.25) is 0 Å². The van der Waals surface area contributed by atoms with E-state index < -0.39 is 23.2 Å². The topological polar surface area (TPSA) is 110 Å². The molecule has 0 spiro atoms. The first-order valence-corrected chi connectivity index (χ1v) is 13.0. The fraction of sp³-hybridized carbons (Fsp3) is 0.355. The summed E-state index contributed by atoms with van der Waals surface area (Å²) in [6.45, 7) is 1.97. The summed E-state index contributed by atoms with van der Waals surface area (Å²) >= 11 is 0. The van der Waals surface area contributed by atoms with E-state index in [1.165, 1.54) is 21.3 Å². The van der Waals surface area contributed by atoms with E-state index in [4.69, 9.17) is 28.4 Å². The summed E-state index contributed by atoms with van der Waals surface area (Å²) in [6, 6.07) is 16.4. The number of benzene rings is 3. The Kier molecular flexibility index (Phi) is 7.58. The number of ketones is 1. The predicted molar refractivity (Wildman–Crippen MR) is 145 cm³/mol. The second-order valence-corrected chi connectivity index (χ2v) is 9.80. The standard InChI is InChI=1S/C31H32O9/c1-5-31(30(33)34)22(16-38-15-18-9-7-6-8-10-18)28(32)21-14-24-23(39-17-40-24)13-20(21)27(31)19-11-25(35-2)29(37-4)26(12-19)36-3/h6-14,22,27H,5,15-17H2,1-4H3,(H,33,34)/t22-,27-,31+/m0/s1. The molecule has 0 aromatic heterocycles. The zero-order valence-corrected chi connectivity index (χ0v) is 22.9. The quantitative estimate of drug-likeness (QED) is 0.371. The number of hydrogen-bond acceptors (Lipinski definition) is 8. The monoisotopic (exact) mass is 548 g/mol. The maximum absolute atomic E-state index is 14.2. The molecule has 1 aliphatic heterocycles. The molecule has 0 amide bonds. The highest BCUT2D eigenvalue weighted by molar-refractivity contribution is 6.05. The van der Waals surface area contributed by atoms with Crippen LogP contribution in [0.15, 0.2) is 54.6 Å². The molecule has 40 heavy (non-hydrogen) atoms. The number of carboxylic acid groups (broad SMARTS) is 1. The highest BCUT2D eigenvalue weighted by atomic mass is 16.7. The molecule has 1 N–H and O–H groups in total. The van der Waals surface area contributed by atoms with Gasteiger partial charge in [0.2, 0.25) is 12.5 Å². The van der Waals surface area contributed by atoms with Crippen LogP contribution in [0.25, 0.3) is 0 Å². The van der Waals surface area contributed by atoms with Crippen molar-refractivity contribution in [1.82, 2.24) is 0 Å². The normalized spacial score (nSPS) is 21.1. The van der Waals surface area contributed by atoms with Crippen molar-refractivity contribution in [3.63, 3.8) is 0 Å². The van der Waals surface area contributed by atoms with Gasteiger partial charge in [-0.25, -0.2) is 0 Å². The lowest BCUT2D eigenvalue weighted by atomic mass is 9.55. The minimum absolute atomic E-state index is 0.0166. The first kappa shape index (κ1) is 27.3. The van der Waals surface area contributed by atoms with Crippen molar-refractivity contribution in [2.75, 3.05) is 34.7 Å². The highest BCUT2D eigenvalue weighted by Gasteiger charge is 2.59. The van der Waals surface area contributed by atoms with Crippen molar-refractivity contribution < 1.29 is 43.1 Å². The molecule has 5 rings (SSSR count). The van der Waals surface area contributed by atoms with Crippen LogP contribution in [0.4, 0.5) is 0 Å². The SMILES string of the molecule is CC[C@]1(C(=O)O)[C@@H](c2cc(OC)c(OC)c(OC)c2)c2cc3c(cc2C(=O)[C@@H]1COCc1ccccc1)OCO3. The van der Waals surface area contributed by atoms with Gasteiger partial charge < -0.3 is 33.5 Å². The summed E-state index contributed by atoms with van der Waals surface area (Å²) in [5, 5.41) is 10.9. The van der Waals surface area contributed by atoms with E-state index in [2.05, 4.69) is 0 Å². The summed E-state index contributed by atoms with van der Waals surface area (Å²) < 4.78 is 34.0. The van der Waals surface area contributed by atoms with E-state index >= 15 is 0 Å². The van der Waals surface area contributed by atoms with Crippen molar-refractivity contribution in [3.05, 3.63) is 76.9 Å². The molecule has 3 aromatic rings. The van der Waals surface area contributed by atoms with Crippen LogP contribution in [0, 0.1) is 11.3 Å². The summed E-state index contributed by atoms with van der Waals surface area (Å²) in [4.78, 5) is 27.6. The van der Waals surface area contributed by atoms with Crippen molar-refractivity contribution >= 4 is 11.8 Å². The van der Waals surface area contributed by atoms with Gasteiger partial charge in [-0.3, -0.25) is 9.59 Å². The molecule has 1 heterocycles. The second kappa shape index (κ2) is 11.1. The van der Waals surface area contributed by atoms with Gasteiger partial charge in [0.25, 0.3) is 0 Å². The summed E-state index contributed by atoms with van der Waals surface area (Å²) in [6.07, 6.45) is 0.155. The Bertz CT molecular complexity index is 1390. The van der Waals surface area contributed by atoms with Gasteiger partial charge in [-0.05, 0) is 47.4 Å². The zero-order chi connectivity index (χ0) is 28.4. The average molecular weight is 549 g/mol. The molecule has 9 heteroatoms. The molecule has 9 nitrogen and oxygen atoms in total. The van der Waals surface area contributed by atoms with Crippen LogP contribution < -0.4 is 23.7 Å². The number of methoxy groups -OCH3 is 3. The molecule has 3 atom stereocenters. The molecule has 0 bridgehead atoms. The number of carboxylic acids is 1. The molecule has 3 aromatic carbocycles. The van der Waals surface area contributed by atoms with Crippen LogP contribution in [-0.4, -0.2) is 51.6 Å². The van der Waals surface area contributed by atoms with Gasteiger partial charge in [-0.15, -0.1) is 0 Å². The Morgan fingerprint density at radius 3 is 2.20 bits per heavy atom. The van der Waals surface area contributed by atoms with Crippen molar-refractivity contribution in [1.29, 1.82) is 0 Å². The van der Waals surface area contributed by atoms with E-state index in [1.54, 1.807) is 31.2 Å². The molecule has 0 radical (unpaired) electrons. The van der Waals surface area contributed by atoms with Gasteiger partial charge in [-0.1, -0.05) is 37.3 Å². The molecule has 210 valence electrons. The Balaban J connectivity index is 1.71. The van der Waals surface area contributed by atoms with Crippen molar-refractivity contribution in [3.8, 4) is 28.7 Å². The maximum Gasteiger partial charge on any atom is 0.311 e. The fourth-order valence-electron chi connectivity index (χ4n) is 6.02. The number of fused-ring (bicyclic) bond motifs is 2. The van der Waals surface area contributed by atoms with Gasteiger partial charge in [0.05, 0.1) is 45.9 Å². The number of hydrogen-bond donors (Lipinski definition) is 1. The molecular formula is C31H32O9. The molecule has 2 aliphatic rings. The van der Waals surface area contributed by atoms with E-state index in [0.29, 0.717) is 45.4 Å². The number of aliphatic carboxylic acids is 1.